The number of anilines is 6. The van der Waals surface area contributed by atoms with Gasteiger partial charge in [0.1, 0.15) is 39.2 Å². The van der Waals surface area contributed by atoms with Crippen molar-refractivity contribution >= 4 is 101 Å². The normalized spacial score (nSPS) is 14.2. The first kappa shape index (κ1) is 37.9. The number of hydrogen-bond donors (Lipinski definition) is 0. The Bertz CT molecular complexity index is 3170. The summed E-state index contributed by atoms with van der Waals surface area (Å²) in [4.78, 5) is 4.43. The third-order valence-corrected chi connectivity index (χ3v) is 12.7. The fraction of sp³-hybridized carbons (Fsp3) is 0.0182. The topological polar surface area (TPSA) is 6.48 Å². The van der Waals surface area contributed by atoms with Crippen LogP contribution in [0.5, 0.6) is 0 Å². The maximum absolute atomic E-state index is 6.85. The van der Waals surface area contributed by atoms with Crippen molar-refractivity contribution in [2.24, 2.45) is 0 Å². The van der Waals surface area contributed by atoms with Gasteiger partial charge in [-0.15, -0.1) is 16.4 Å². The summed E-state index contributed by atoms with van der Waals surface area (Å²) in [5.41, 5.74) is 17.5. The van der Waals surface area contributed by atoms with E-state index < -0.39 is 5.41 Å². The Morgan fingerprint density at radius 3 is 1.21 bits per heavy atom. The molecule has 7 heteroatoms. The van der Waals surface area contributed by atoms with Gasteiger partial charge < -0.3 is 9.80 Å². The molecule has 1 atom stereocenters. The van der Waals surface area contributed by atoms with Gasteiger partial charge in [0.05, 0.1) is 11.1 Å². The molecule has 9 aromatic carbocycles. The first-order chi connectivity index (χ1) is 30.4. The second-order valence-corrected chi connectivity index (χ2v) is 15.9. The Hall–Kier alpha value is -7.10. The van der Waals surface area contributed by atoms with Gasteiger partial charge in [-0.25, -0.2) is 0 Å². The molecule has 278 valence electrons. The highest BCUT2D eigenvalue weighted by Crippen LogP contribution is 2.64. The molecule has 0 saturated carbocycles. The van der Waals surface area contributed by atoms with Gasteiger partial charge in [-0.3, -0.25) is 0 Å². The van der Waals surface area contributed by atoms with Crippen LogP contribution in [0.25, 0.3) is 33.4 Å². The molecule has 0 N–H and O–H groups in total. The SMILES string of the molecule is [B]c1c([B])c([B])c(N(c2ccccc2)c2ccc3c(c2)C2(c4ccccc4-c4ccc(N(c5ccccc5)c5ccccc5-c5ccccc5)cc42)c2ccccc2-3)c([B])c1[B]. The average molecular weight is 776 g/mol. The van der Waals surface area contributed by atoms with Gasteiger partial charge in [-0.05, 0) is 105 Å². The summed E-state index contributed by atoms with van der Waals surface area (Å²) in [6.07, 6.45) is 0. The van der Waals surface area contributed by atoms with Crippen LogP contribution in [0.1, 0.15) is 22.3 Å². The largest absolute Gasteiger partial charge is 0.312 e. The highest BCUT2D eigenvalue weighted by atomic mass is 15.2. The van der Waals surface area contributed by atoms with Crippen molar-refractivity contribution in [3.63, 3.8) is 0 Å². The van der Waals surface area contributed by atoms with Crippen LogP contribution in [0.2, 0.25) is 0 Å². The van der Waals surface area contributed by atoms with E-state index in [1.165, 1.54) is 33.4 Å². The molecule has 2 aliphatic rings. The molecule has 11 rings (SSSR count). The Balaban J connectivity index is 1.20. The molecule has 0 bridgehead atoms. The molecule has 0 heterocycles. The molecule has 10 radical (unpaired) electrons. The van der Waals surface area contributed by atoms with Gasteiger partial charge in [-0.2, -0.15) is 0 Å². The van der Waals surface area contributed by atoms with E-state index in [1.807, 2.05) is 35.2 Å². The standard InChI is InChI=1S/C55H33B5N2/c56-49-50(57)52(59)54(53(60)51(49)58)62(36-20-8-3-9-21-36)38-29-31-43-41-24-11-14-26-45(41)55(47(43)33-38)44-25-13-10-23-40(44)42-30-28-37(32-46(42)55)61(35-18-6-2-7-19-35)48-27-15-12-22-39(48)34-16-4-1-5-17-34/h1-33H. The molecule has 2 aliphatic carbocycles. The van der Waals surface area contributed by atoms with E-state index in [9.17, 15) is 0 Å². The van der Waals surface area contributed by atoms with Crippen molar-refractivity contribution in [2.75, 3.05) is 9.80 Å². The van der Waals surface area contributed by atoms with Crippen molar-refractivity contribution in [3.8, 4) is 33.4 Å². The van der Waals surface area contributed by atoms with E-state index in [-0.39, 0.29) is 27.3 Å². The van der Waals surface area contributed by atoms with Gasteiger partial charge in [0.2, 0.25) is 0 Å². The molecular weight excluding hydrogens is 743 g/mol. The van der Waals surface area contributed by atoms with Crippen LogP contribution in [-0.2, 0) is 5.41 Å². The quantitative estimate of drug-likeness (QED) is 0.150. The zero-order valence-corrected chi connectivity index (χ0v) is 33.8. The molecule has 1 spiro atoms. The minimum Gasteiger partial charge on any atom is -0.312 e. The molecule has 1 unspecified atom stereocenters. The first-order valence-electron chi connectivity index (χ1n) is 20.7. The number of para-hydroxylation sites is 3. The number of benzene rings is 9. The van der Waals surface area contributed by atoms with Crippen molar-refractivity contribution in [1.82, 2.24) is 0 Å². The lowest BCUT2D eigenvalue weighted by atomic mass is 9.61. The lowest BCUT2D eigenvalue weighted by Crippen LogP contribution is -2.56. The summed E-state index contributed by atoms with van der Waals surface area (Å²) in [5.74, 6) is 0. The summed E-state index contributed by atoms with van der Waals surface area (Å²) in [6, 6.07) is 71.2. The molecular formula is C55H33B5N2. The smallest absolute Gasteiger partial charge is 0.115 e. The summed E-state index contributed by atoms with van der Waals surface area (Å²) in [6.45, 7) is 0. The number of hydrogen-bond acceptors (Lipinski definition) is 2. The van der Waals surface area contributed by atoms with Crippen molar-refractivity contribution in [3.05, 3.63) is 222 Å². The molecule has 0 aromatic heterocycles. The van der Waals surface area contributed by atoms with Crippen LogP contribution in [0.4, 0.5) is 34.1 Å². The predicted molar refractivity (Wildman–Crippen MR) is 264 cm³/mol. The van der Waals surface area contributed by atoms with Crippen LogP contribution < -0.4 is 37.1 Å². The van der Waals surface area contributed by atoms with E-state index in [0.29, 0.717) is 5.69 Å². The second-order valence-electron chi connectivity index (χ2n) is 15.9. The Labute approximate surface area is 370 Å². The van der Waals surface area contributed by atoms with Gasteiger partial charge in [0, 0.05) is 34.0 Å². The predicted octanol–water partition coefficient (Wildman–Crippen LogP) is 8.61. The maximum atomic E-state index is 6.85. The van der Waals surface area contributed by atoms with E-state index in [1.54, 1.807) is 0 Å². The van der Waals surface area contributed by atoms with Gasteiger partial charge >= 0.3 is 0 Å². The highest BCUT2D eigenvalue weighted by molar-refractivity contribution is 6.69. The Morgan fingerprint density at radius 2 is 0.677 bits per heavy atom. The number of rotatable bonds is 7. The first-order valence-corrected chi connectivity index (χ1v) is 20.7. The van der Waals surface area contributed by atoms with Gasteiger partial charge in [0.15, 0.2) is 0 Å². The summed E-state index contributed by atoms with van der Waals surface area (Å²) >= 11 is 0. The van der Waals surface area contributed by atoms with Crippen LogP contribution in [-0.4, -0.2) is 39.2 Å². The van der Waals surface area contributed by atoms with Crippen molar-refractivity contribution < 1.29 is 0 Å². The molecule has 0 amide bonds. The van der Waals surface area contributed by atoms with Gasteiger partial charge in [0.25, 0.3) is 0 Å². The maximum Gasteiger partial charge on any atom is 0.115 e. The zero-order valence-electron chi connectivity index (χ0n) is 33.8. The van der Waals surface area contributed by atoms with Crippen LogP contribution in [0.15, 0.2) is 200 Å². The highest BCUT2D eigenvalue weighted by Gasteiger charge is 2.52. The van der Waals surface area contributed by atoms with Crippen molar-refractivity contribution in [2.45, 2.75) is 5.41 Å². The van der Waals surface area contributed by atoms with E-state index in [0.717, 1.165) is 50.7 Å². The lowest BCUT2D eigenvalue weighted by Gasteiger charge is -2.35. The summed E-state index contributed by atoms with van der Waals surface area (Å²) in [5, 5.41) is 0. The lowest BCUT2D eigenvalue weighted by molar-refractivity contribution is 0.793. The van der Waals surface area contributed by atoms with E-state index in [2.05, 4.69) is 175 Å². The van der Waals surface area contributed by atoms with E-state index in [4.69, 9.17) is 39.2 Å². The minimum absolute atomic E-state index is 0.172. The zero-order chi connectivity index (χ0) is 42.1. The molecule has 62 heavy (non-hydrogen) atoms. The molecule has 9 aromatic rings. The van der Waals surface area contributed by atoms with Gasteiger partial charge in [-0.1, -0.05) is 157 Å². The third-order valence-electron chi connectivity index (χ3n) is 12.7. The van der Waals surface area contributed by atoms with Crippen LogP contribution in [0.3, 0.4) is 0 Å². The monoisotopic (exact) mass is 776 g/mol. The summed E-state index contributed by atoms with van der Waals surface area (Å²) < 4.78 is 0. The molecule has 0 saturated heterocycles. The molecule has 0 aliphatic heterocycles. The Morgan fingerprint density at radius 1 is 0.290 bits per heavy atom. The number of nitrogens with zero attached hydrogens (tertiary/aromatic N) is 2. The number of fused-ring (bicyclic) bond motifs is 10. The molecule has 2 nitrogen and oxygen atoms in total. The fourth-order valence-electron chi connectivity index (χ4n) is 9.99. The molecule has 0 fully saturated rings. The third kappa shape index (κ3) is 5.57. The fourth-order valence-corrected chi connectivity index (χ4v) is 9.99. The van der Waals surface area contributed by atoms with Crippen molar-refractivity contribution in [1.29, 1.82) is 0 Å². The van der Waals surface area contributed by atoms with Crippen LogP contribution in [0, 0.1) is 0 Å². The average Bonchev–Trinajstić information content (AvgIpc) is 3.79. The minimum atomic E-state index is -0.691. The van der Waals surface area contributed by atoms with E-state index >= 15 is 0 Å². The van der Waals surface area contributed by atoms with Crippen LogP contribution >= 0.6 is 0 Å². The second kappa shape index (κ2) is 14.8. The Kier molecular flexibility index (Phi) is 9.05. The summed E-state index contributed by atoms with van der Waals surface area (Å²) in [7, 11) is 33.1.